The molecule has 1 aromatic heterocycles. The van der Waals surface area contributed by atoms with Crippen molar-refractivity contribution in [3.05, 3.63) is 17.0 Å². The molecular formula is C16H27N3O4S. The second kappa shape index (κ2) is 8.41. The number of aromatic nitrogens is 2. The van der Waals surface area contributed by atoms with Gasteiger partial charge in [0.25, 0.3) is 0 Å². The largest absolute Gasteiger partial charge is 0.461 e. The average molecular weight is 357 g/mol. The number of amides is 1. The van der Waals surface area contributed by atoms with Gasteiger partial charge in [-0.3, -0.25) is 0 Å². The van der Waals surface area contributed by atoms with Crippen molar-refractivity contribution < 1.29 is 19.1 Å². The second-order valence-electron chi connectivity index (χ2n) is 6.04. The highest BCUT2D eigenvalue weighted by Crippen LogP contribution is 2.25. The molecule has 0 saturated heterocycles. The monoisotopic (exact) mass is 357 g/mol. The predicted molar refractivity (Wildman–Crippen MR) is 94.3 cm³/mol. The van der Waals surface area contributed by atoms with Crippen LogP contribution in [-0.4, -0.2) is 44.9 Å². The molecule has 2 heterocycles. The number of nitrogens with zero attached hydrogens (tertiary/aromatic N) is 3. The highest BCUT2D eigenvalue weighted by atomic mass is 32.1. The molecule has 0 spiro atoms. The van der Waals surface area contributed by atoms with Gasteiger partial charge in [0.1, 0.15) is 5.60 Å². The summed E-state index contributed by atoms with van der Waals surface area (Å²) < 4.78 is 11.6. The van der Waals surface area contributed by atoms with Crippen LogP contribution in [-0.2, 0) is 22.4 Å². The van der Waals surface area contributed by atoms with E-state index in [9.17, 15) is 9.59 Å². The summed E-state index contributed by atoms with van der Waals surface area (Å²) in [4.78, 5) is 25.8. The molecule has 7 nitrogen and oxygen atoms in total. The maximum Gasteiger partial charge on any atom is 0.410 e. The van der Waals surface area contributed by atoms with Gasteiger partial charge in [-0.25, -0.2) is 13.7 Å². The molecule has 2 rings (SSSR count). The van der Waals surface area contributed by atoms with E-state index in [1.165, 1.54) is 4.09 Å². The summed E-state index contributed by atoms with van der Waals surface area (Å²) in [5.41, 5.74) is 1.14. The van der Waals surface area contributed by atoms with Crippen molar-refractivity contribution in [2.75, 3.05) is 13.2 Å². The first-order valence-electron chi connectivity index (χ1n) is 8.18. The molecule has 0 aromatic carbocycles. The quantitative estimate of drug-likeness (QED) is 0.650. The number of ether oxygens (including phenoxy) is 2. The van der Waals surface area contributed by atoms with Gasteiger partial charge >= 0.3 is 12.1 Å². The van der Waals surface area contributed by atoms with Crippen LogP contribution in [0.15, 0.2) is 0 Å². The molecule has 1 aliphatic heterocycles. The molecule has 0 radical (unpaired) electrons. The summed E-state index contributed by atoms with van der Waals surface area (Å²) in [5, 5.41) is 4.22. The molecule has 136 valence electrons. The van der Waals surface area contributed by atoms with Gasteiger partial charge in [-0.15, -0.1) is 0 Å². The Bertz CT molecular complexity index is 593. The Morgan fingerprint density at radius 2 is 1.92 bits per heavy atom. The zero-order valence-electron chi connectivity index (χ0n) is 15.3. The number of esters is 1. The second-order valence-corrected chi connectivity index (χ2v) is 6.41. The molecular weight excluding hydrogens is 330 g/mol. The molecule has 8 heteroatoms. The Hall–Kier alpha value is -1.70. The molecule has 0 atom stereocenters. The van der Waals surface area contributed by atoms with E-state index in [4.69, 9.17) is 9.47 Å². The highest BCUT2D eigenvalue weighted by molar-refractivity contribution is 7.78. The van der Waals surface area contributed by atoms with Crippen LogP contribution in [0.5, 0.6) is 0 Å². The van der Waals surface area contributed by atoms with Crippen LogP contribution in [0.4, 0.5) is 4.79 Å². The molecule has 0 saturated carbocycles. The van der Waals surface area contributed by atoms with E-state index in [0.717, 1.165) is 5.69 Å². The molecule has 0 fully saturated rings. The Morgan fingerprint density at radius 1 is 1.29 bits per heavy atom. The fraction of sp³-hybridized carbons (Fsp3) is 0.688. The number of hydrogen-bond acceptors (Lipinski definition) is 6. The van der Waals surface area contributed by atoms with Gasteiger partial charge < -0.3 is 14.4 Å². The Kier molecular flexibility index (Phi) is 7.13. The van der Waals surface area contributed by atoms with Crippen LogP contribution >= 0.6 is 12.8 Å². The van der Waals surface area contributed by atoms with Gasteiger partial charge in [-0.1, -0.05) is 13.8 Å². The van der Waals surface area contributed by atoms with E-state index in [-0.39, 0.29) is 18.8 Å². The van der Waals surface area contributed by atoms with Crippen molar-refractivity contribution in [3.8, 4) is 0 Å². The molecule has 0 aliphatic carbocycles. The third-order valence-electron chi connectivity index (χ3n) is 3.14. The zero-order chi connectivity index (χ0) is 18.5. The van der Waals surface area contributed by atoms with E-state index < -0.39 is 17.7 Å². The minimum atomic E-state index is -0.560. The van der Waals surface area contributed by atoms with Gasteiger partial charge in [0.2, 0.25) is 0 Å². The summed E-state index contributed by atoms with van der Waals surface area (Å²) in [5.74, 6) is -0.489. The number of thiol groups is 1. The number of carbonyl (C=O) groups excluding carboxylic acids is 2. The van der Waals surface area contributed by atoms with Crippen molar-refractivity contribution >= 4 is 24.9 Å². The van der Waals surface area contributed by atoms with Crippen LogP contribution in [0.3, 0.4) is 0 Å². The van der Waals surface area contributed by atoms with Gasteiger partial charge in [0.05, 0.1) is 18.8 Å². The van der Waals surface area contributed by atoms with Crippen molar-refractivity contribution in [1.29, 1.82) is 0 Å². The maximum atomic E-state index is 12.2. The summed E-state index contributed by atoms with van der Waals surface area (Å²) in [7, 11) is 0. The maximum absolute atomic E-state index is 12.2. The standard InChI is InChI=1S/C14H21N3O4S.C2H6/c1-5-20-12(18)11-9-8-16(13(19)21-14(2,3)4)7-6-10(9)15-17(11)22;1-2/h22H,5-8H2,1-4H3;1-2H3. The Labute approximate surface area is 148 Å². The predicted octanol–water partition coefficient (Wildman–Crippen LogP) is 3.07. The van der Waals surface area contributed by atoms with Gasteiger partial charge in [-0.2, -0.15) is 5.10 Å². The van der Waals surface area contributed by atoms with Crippen LogP contribution in [0.2, 0.25) is 0 Å². The van der Waals surface area contributed by atoms with Gasteiger partial charge in [0.15, 0.2) is 5.69 Å². The van der Waals surface area contributed by atoms with Crippen LogP contribution < -0.4 is 0 Å². The van der Waals surface area contributed by atoms with Crippen LogP contribution in [0, 0.1) is 0 Å². The lowest BCUT2D eigenvalue weighted by atomic mass is 10.1. The Balaban J connectivity index is 0.00000139. The lowest BCUT2D eigenvalue weighted by Crippen LogP contribution is -2.40. The first-order valence-corrected chi connectivity index (χ1v) is 8.58. The SMILES string of the molecule is CC.CCOC(=O)c1c2c(nn1S)CCN(C(=O)OC(C)(C)C)C2. The summed E-state index contributed by atoms with van der Waals surface area (Å²) in [6.45, 7) is 12.2. The first kappa shape index (κ1) is 20.3. The minimum absolute atomic E-state index is 0.263. The van der Waals surface area contributed by atoms with Crippen molar-refractivity contribution in [3.63, 3.8) is 0 Å². The smallest absolute Gasteiger partial charge is 0.410 e. The number of fused-ring (bicyclic) bond motifs is 1. The molecule has 1 aliphatic rings. The molecule has 24 heavy (non-hydrogen) atoms. The molecule has 1 amide bonds. The number of carbonyl (C=O) groups is 2. The summed E-state index contributed by atoms with van der Waals surface area (Å²) in [6, 6.07) is 0. The van der Waals surface area contributed by atoms with E-state index in [0.29, 0.717) is 18.5 Å². The van der Waals surface area contributed by atoms with Crippen molar-refractivity contribution in [1.82, 2.24) is 14.1 Å². The number of hydrogen-bond donors (Lipinski definition) is 1. The van der Waals surface area contributed by atoms with E-state index >= 15 is 0 Å². The molecule has 1 aromatic rings. The minimum Gasteiger partial charge on any atom is -0.461 e. The van der Waals surface area contributed by atoms with E-state index in [1.54, 1.807) is 11.8 Å². The van der Waals surface area contributed by atoms with Gasteiger partial charge in [-0.05, 0) is 40.5 Å². The fourth-order valence-electron chi connectivity index (χ4n) is 2.25. The van der Waals surface area contributed by atoms with Gasteiger partial charge in [0, 0.05) is 18.5 Å². The topological polar surface area (TPSA) is 73.7 Å². The Morgan fingerprint density at radius 3 is 2.46 bits per heavy atom. The highest BCUT2D eigenvalue weighted by Gasteiger charge is 2.32. The lowest BCUT2D eigenvalue weighted by Gasteiger charge is -2.29. The summed E-state index contributed by atoms with van der Waals surface area (Å²) >= 11 is 4.18. The zero-order valence-corrected chi connectivity index (χ0v) is 16.1. The normalized spacial score (nSPS) is 13.5. The third kappa shape index (κ3) is 4.90. The van der Waals surface area contributed by atoms with Crippen LogP contribution in [0.25, 0.3) is 0 Å². The third-order valence-corrected chi connectivity index (χ3v) is 3.43. The first-order chi connectivity index (χ1) is 11.2. The fourth-order valence-corrected chi connectivity index (χ4v) is 2.56. The number of rotatable bonds is 2. The lowest BCUT2D eigenvalue weighted by molar-refractivity contribution is 0.0220. The van der Waals surface area contributed by atoms with Crippen molar-refractivity contribution in [2.24, 2.45) is 0 Å². The molecule has 0 unspecified atom stereocenters. The summed E-state index contributed by atoms with van der Waals surface area (Å²) in [6.07, 6.45) is 0.147. The van der Waals surface area contributed by atoms with Crippen molar-refractivity contribution in [2.45, 2.75) is 60.1 Å². The van der Waals surface area contributed by atoms with E-state index in [1.807, 2.05) is 34.6 Å². The molecule has 0 bridgehead atoms. The molecule has 0 N–H and O–H groups in total. The van der Waals surface area contributed by atoms with E-state index in [2.05, 4.69) is 17.9 Å². The average Bonchev–Trinajstić information content (AvgIpc) is 2.82. The van der Waals surface area contributed by atoms with Crippen LogP contribution in [0.1, 0.15) is 63.3 Å².